The van der Waals surface area contributed by atoms with E-state index in [0.29, 0.717) is 0 Å². The lowest BCUT2D eigenvalue weighted by Crippen LogP contribution is -2.11. The molecule has 0 aliphatic heterocycles. The Morgan fingerprint density at radius 3 is 2.50 bits per heavy atom. The number of thiophene rings is 1. The van der Waals surface area contributed by atoms with Crippen molar-refractivity contribution in [3.8, 4) is 0 Å². The minimum Gasteiger partial charge on any atom is -0.319 e. The van der Waals surface area contributed by atoms with Gasteiger partial charge in [0, 0.05) is 12.4 Å². The predicted molar refractivity (Wildman–Crippen MR) is 88.0 cm³/mol. The smallest absolute Gasteiger partial charge is 0.319 e. The first-order chi connectivity index (χ1) is 11.2. The zero-order chi connectivity index (χ0) is 17.6. The predicted octanol–water partition coefficient (Wildman–Crippen LogP) is 5.21. The van der Waals surface area contributed by atoms with Crippen LogP contribution in [0.15, 0.2) is 24.3 Å². The average Bonchev–Trinajstić information content (AvgIpc) is 3.03. The standard InChI is InChI=1S/C14H8Cl2F3N3OS/c1-22-13-6(11(21-22)14(17,18)19)5-9(24-13)12(23)20-10-7(15)3-2-4-8(10)16/h2-5H,1H3,(H,20,23). The summed E-state index contributed by atoms with van der Waals surface area (Å²) in [5.41, 5.74) is -0.816. The fourth-order valence-corrected chi connectivity index (χ4v) is 3.61. The van der Waals surface area contributed by atoms with E-state index in [-0.39, 0.29) is 30.8 Å². The fourth-order valence-electron chi connectivity index (χ4n) is 2.15. The molecule has 0 saturated carbocycles. The highest BCUT2D eigenvalue weighted by atomic mass is 35.5. The van der Waals surface area contributed by atoms with Gasteiger partial charge >= 0.3 is 6.18 Å². The molecule has 126 valence electrons. The first kappa shape index (κ1) is 17.1. The van der Waals surface area contributed by atoms with E-state index in [4.69, 9.17) is 23.2 Å². The summed E-state index contributed by atoms with van der Waals surface area (Å²) in [6.45, 7) is 0. The molecule has 3 rings (SSSR count). The maximum atomic E-state index is 13.0. The number of rotatable bonds is 2. The molecule has 4 nitrogen and oxygen atoms in total. The number of carbonyl (C=O) groups excluding carboxylic acids is 1. The summed E-state index contributed by atoms with van der Waals surface area (Å²) in [4.78, 5) is 12.7. The minimum absolute atomic E-state index is 0.0967. The molecule has 0 aliphatic rings. The van der Waals surface area contributed by atoms with Crippen LogP contribution in [0, 0.1) is 0 Å². The molecule has 1 N–H and O–H groups in total. The first-order valence-electron chi connectivity index (χ1n) is 6.47. The van der Waals surface area contributed by atoms with Crippen molar-refractivity contribution in [2.24, 2.45) is 7.05 Å². The van der Waals surface area contributed by atoms with Gasteiger partial charge in [0.25, 0.3) is 5.91 Å². The van der Waals surface area contributed by atoms with Gasteiger partial charge in [-0.1, -0.05) is 29.3 Å². The number of nitrogens with one attached hydrogen (secondary N) is 1. The number of hydrogen-bond acceptors (Lipinski definition) is 3. The second kappa shape index (κ2) is 5.94. The van der Waals surface area contributed by atoms with Gasteiger partial charge in [0.2, 0.25) is 0 Å². The molecule has 0 bridgehead atoms. The topological polar surface area (TPSA) is 46.9 Å². The number of nitrogens with zero attached hydrogens (tertiary/aromatic N) is 2. The molecular formula is C14H8Cl2F3N3OS. The number of amides is 1. The summed E-state index contributed by atoms with van der Waals surface area (Å²) in [5.74, 6) is -0.598. The molecule has 1 amide bonds. The second-order valence-corrected chi connectivity index (χ2v) is 6.70. The van der Waals surface area contributed by atoms with Crippen LogP contribution in [0.4, 0.5) is 18.9 Å². The Morgan fingerprint density at radius 1 is 1.29 bits per heavy atom. The number of hydrogen-bond donors (Lipinski definition) is 1. The molecule has 0 saturated heterocycles. The molecule has 0 radical (unpaired) electrons. The third kappa shape index (κ3) is 2.97. The summed E-state index contributed by atoms with van der Waals surface area (Å²) < 4.78 is 40.1. The Hall–Kier alpha value is -1.77. The number of para-hydroxylation sites is 1. The molecule has 10 heteroatoms. The molecule has 0 fully saturated rings. The molecule has 0 spiro atoms. The summed E-state index contributed by atoms with van der Waals surface area (Å²) in [6.07, 6.45) is -4.60. The van der Waals surface area contributed by atoms with E-state index in [0.717, 1.165) is 22.1 Å². The molecule has 0 unspecified atom stereocenters. The molecule has 0 atom stereocenters. The second-order valence-electron chi connectivity index (χ2n) is 4.85. The van der Waals surface area contributed by atoms with Crippen LogP contribution < -0.4 is 5.32 Å². The number of alkyl halides is 3. The van der Waals surface area contributed by atoms with Gasteiger partial charge in [-0.2, -0.15) is 18.3 Å². The highest BCUT2D eigenvalue weighted by molar-refractivity contribution is 7.20. The Balaban J connectivity index is 2.00. The SMILES string of the molecule is Cn1nc(C(F)(F)F)c2cc(C(=O)Nc3c(Cl)cccc3Cl)sc21. The van der Waals surface area contributed by atoms with E-state index in [1.165, 1.54) is 7.05 Å². The summed E-state index contributed by atoms with van der Waals surface area (Å²) >= 11 is 12.8. The van der Waals surface area contributed by atoms with Gasteiger partial charge in [0.1, 0.15) is 4.83 Å². The lowest BCUT2D eigenvalue weighted by atomic mass is 10.2. The van der Waals surface area contributed by atoms with Crippen LogP contribution in [-0.2, 0) is 13.2 Å². The molecule has 2 heterocycles. The van der Waals surface area contributed by atoms with Gasteiger partial charge in [-0.05, 0) is 18.2 Å². The lowest BCUT2D eigenvalue weighted by molar-refractivity contribution is -0.140. The van der Waals surface area contributed by atoms with E-state index in [2.05, 4.69) is 10.4 Å². The van der Waals surface area contributed by atoms with Crippen molar-refractivity contribution >= 4 is 56.3 Å². The number of aromatic nitrogens is 2. The molecule has 3 aromatic rings. The highest BCUT2D eigenvalue weighted by Gasteiger charge is 2.37. The molecule has 0 aliphatic carbocycles. The van der Waals surface area contributed by atoms with Crippen molar-refractivity contribution < 1.29 is 18.0 Å². The monoisotopic (exact) mass is 393 g/mol. The Morgan fingerprint density at radius 2 is 1.92 bits per heavy atom. The number of fused-ring (bicyclic) bond motifs is 1. The largest absolute Gasteiger partial charge is 0.435 e. The fraction of sp³-hybridized carbons (Fsp3) is 0.143. The van der Waals surface area contributed by atoms with Gasteiger partial charge in [0.05, 0.1) is 20.6 Å². The van der Waals surface area contributed by atoms with Gasteiger partial charge in [-0.3, -0.25) is 9.48 Å². The van der Waals surface area contributed by atoms with Crippen LogP contribution in [0.2, 0.25) is 10.0 Å². The maximum absolute atomic E-state index is 13.0. The van der Waals surface area contributed by atoms with Crippen molar-refractivity contribution in [3.63, 3.8) is 0 Å². The van der Waals surface area contributed by atoms with Gasteiger partial charge in [-0.25, -0.2) is 0 Å². The Labute approximate surface area is 147 Å². The van der Waals surface area contributed by atoms with Crippen LogP contribution in [0.3, 0.4) is 0 Å². The molecule has 24 heavy (non-hydrogen) atoms. The van der Waals surface area contributed by atoms with Crippen LogP contribution in [0.25, 0.3) is 10.2 Å². The Kier molecular flexibility index (Phi) is 4.23. The van der Waals surface area contributed by atoms with E-state index in [1.54, 1.807) is 18.2 Å². The van der Waals surface area contributed by atoms with Crippen molar-refractivity contribution in [3.05, 3.63) is 44.9 Å². The zero-order valence-electron chi connectivity index (χ0n) is 11.9. The third-order valence-corrected chi connectivity index (χ3v) is 5.04. The van der Waals surface area contributed by atoms with Crippen LogP contribution in [0.5, 0.6) is 0 Å². The van der Waals surface area contributed by atoms with Gasteiger partial charge in [0.15, 0.2) is 5.69 Å². The normalized spacial score (nSPS) is 11.9. The van der Waals surface area contributed by atoms with E-state index in [1.807, 2.05) is 0 Å². The third-order valence-electron chi connectivity index (χ3n) is 3.21. The van der Waals surface area contributed by atoms with Crippen LogP contribution in [-0.4, -0.2) is 15.7 Å². The highest BCUT2D eigenvalue weighted by Crippen LogP contribution is 2.38. The summed E-state index contributed by atoms with van der Waals surface area (Å²) in [6, 6.07) is 5.86. The molecule has 2 aromatic heterocycles. The van der Waals surface area contributed by atoms with E-state index in [9.17, 15) is 18.0 Å². The Bertz CT molecular complexity index is 929. The molecule has 1 aromatic carbocycles. The zero-order valence-corrected chi connectivity index (χ0v) is 14.2. The van der Waals surface area contributed by atoms with Gasteiger partial charge < -0.3 is 5.32 Å². The van der Waals surface area contributed by atoms with Gasteiger partial charge in [-0.15, -0.1) is 11.3 Å². The first-order valence-corrected chi connectivity index (χ1v) is 8.05. The van der Waals surface area contributed by atoms with Crippen LogP contribution in [0.1, 0.15) is 15.4 Å². The van der Waals surface area contributed by atoms with Crippen molar-refractivity contribution in [2.45, 2.75) is 6.18 Å². The van der Waals surface area contributed by atoms with E-state index < -0.39 is 17.8 Å². The number of anilines is 1. The number of carbonyl (C=O) groups is 1. The summed E-state index contributed by atoms with van der Waals surface area (Å²) in [5, 5.41) is 6.32. The average molecular weight is 394 g/mol. The van der Waals surface area contributed by atoms with Crippen molar-refractivity contribution in [1.29, 1.82) is 0 Å². The van der Waals surface area contributed by atoms with Crippen molar-refractivity contribution in [2.75, 3.05) is 5.32 Å². The number of benzene rings is 1. The number of halogens is 5. The lowest BCUT2D eigenvalue weighted by Gasteiger charge is -2.07. The van der Waals surface area contributed by atoms with E-state index >= 15 is 0 Å². The minimum atomic E-state index is -4.60. The quantitative estimate of drug-likeness (QED) is 0.649. The van der Waals surface area contributed by atoms with Crippen molar-refractivity contribution in [1.82, 2.24) is 9.78 Å². The maximum Gasteiger partial charge on any atom is 0.435 e. The molecular weight excluding hydrogens is 386 g/mol. The summed E-state index contributed by atoms with van der Waals surface area (Å²) in [7, 11) is 1.39. The number of aryl methyl sites for hydroxylation is 1. The van der Waals surface area contributed by atoms with Crippen LogP contribution >= 0.6 is 34.5 Å².